The van der Waals surface area contributed by atoms with Gasteiger partial charge in [0, 0.05) is 6.07 Å². The van der Waals surface area contributed by atoms with Gasteiger partial charge < -0.3 is 65.3 Å². The smallest absolute Gasteiger partial charge is 0.229 e. The molecular formula is C20H28O14. The van der Waals surface area contributed by atoms with Gasteiger partial charge in [0.15, 0.2) is 5.78 Å². The maximum absolute atomic E-state index is 12.3. The van der Waals surface area contributed by atoms with Crippen molar-refractivity contribution in [1.29, 1.82) is 0 Å². The number of carbonyl (C=O) groups excluding carboxylic acids is 1. The zero-order valence-corrected chi connectivity index (χ0v) is 17.9. The Morgan fingerprint density at radius 1 is 0.853 bits per heavy atom. The number of hydrogen-bond donors (Lipinski definition) is 10. The van der Waals surface area contributed by atoms with Gasteiger partial charge in [0.1, 0.15) is 77.7 Å². The van der Waals surface area contributed by atoms with Gasteiger partial charge in [-0.25, -0.2) is 0 Å². The van der Waals surface area contributed by atoms with Crippen LogP contribution in [-0.2, 0) is 9.47 Å². The van der Waals surface area contributed by atoms with E-state index in [0.717, 1.165) is 13.0 Å². The molecule has 2 saturated heterocycles. The first-order chi connectivity index (χ1) is 15.9. The summed E-state index contributed by atoms with van der Waals surface area (Å²) < 4.78 is 15.9. The summed E-state index contributed by atoms with van der Waals surface area (Å²) in [6.45, 7) is -0.513. The molecule has 10 atom stereocenters. The van der Waals surface area contributed by atoms with E-state index in [1.54, 1.807) is 0 Å². The lowest BCUT2D eigenvalue weighted by Crippen LogP contribution is -2.60. The molecule has 0 saturated carbocycles. The fraction of sp³-hybridized carbons (Fsp3) is 0.650. The van der Waals surface area contributed by atoms with Crippen LogP contribution in [0.3, 0.4) is 0 Å². The van der Waals surface area contributed by atoms with E-state index in [1.807, 2.05) is 0 Å². The van der Waals surface area contributed by atoms with Crippen molar-refractivity contribution in [3.63, 3.8) is 0 Å². The summed E-state index contributed by atoms with van der Waals surface area (Å²) in [7, 11) is 0. The number of hydrogen-bond acceptors (Lipinski definition) is 14. The fourth-order valence-corrected chi connectivity index (χ4v) is 3.99. The van der Waals surface area contributed by atoms with Crippen molar-refractivity contribution < 1.29 is 70.1 Å². The zero-order valence-electron chi connectivity index (χ0n) is 17.9. The molecule has 0 bridgehead atoms. The maximum atomic E-state index is 12.3. The lowest BCUT2D eigenvalue weighted by Gasteiger charge is -2.41. The van der Waals surface area contributed by atoms with Crippen LogP contribution in [0.2, 0.25) is 0 Å². The Morgan fingerprint density at radius 2 is 1.38 bits per heavy atom. The average molecular weight is 492 g/mol. The Hall–Kier alpha value is -2.11. The second kappa shape index (κ2) is 10.2. The molecular weight excluding hydrogens is 464 g/mol. The first-order valence-corrected chi connectivity index (χ1v) is 10.3. The van der Waals surface area contributed by atoms with E-state index in [-0.39, 0.29) is 0 Å². The van der Waals surface area contributed by atoms with Crippen molar-refractivity contribution in [3.05, 3.63) is 17.2 Å². The maximum Gasteiger partial charge on any atom is 0.229 e. The monoisotopic (exact) mass is 492 g/mol. The molecule has 192 valence electrons. The number of phenols is 2. The van der Waals surface area contributed by atoms with Crippen LogP contribution >= 0.6 is 0 Å². The number of aromatic hydroxyl groups is 2. The molecule has 2 aliphatic rings. The third-order valence-electron chi connectivity index (χ3n) is 5.90. The van der Waals surface area contributed by atoms with E-state index in [4.69, 9.17) is 14.2 Å². The molecule has 1 aromatic carbocycles. The molecule has 14 heteroatoms. The first kappa shape index (κ1) is 26.5. The average Bonchev–Trinajstić information content (AvgIpc) is 2.78. The molecule has 0 spiro atoms. The molecule has 3 rings (SSSR count). The lowest BCUT2D eigenvalue weighted by molar-refractivity contribution is -0.277. The molecule has 14 nitrogen and oxygen atoms in total. The molecule has 34 heavy (non-hydrogen) atoms. The van der Waals surface area contributed by atoms with E-state index >= 15 is 0 Å². The Morgan fingerprint density at radius 3 is 1.91 bits per heavy atom. The fourth-order valence-electron chi connectivity index (χ4n) is 3.99. The summed E-state index contributed by atoms with van der Waals surface area (Å²) in [6, 6.07) is 0.814. The lowest BCUT2D eigenvalue weighted by atomic mass is 9.89. The molecule has 0 aliphatic carbocycles. The van der Waals surface area contributed by atoms with Crippen molar-refractivity contribution >= 4 is 5.78 Å². The SMILES string of the molecule is CC(=O)c1c(O[C@H]2O[C@H](CO)[C@@H](O)[C@H](O)[C@H]2O)cc(O)c([C@@H]2O[C@@H](CO)[C@@H](O)[C@@H](O)[C@H]2O)c1O. The van der Waals surface area contributed by atoms with E-state index in [1.165, 1.54) is 0 Å². The number of Topliss-reactive ketones (excluding diaryl/α,β-unsaturated/α-hetero) is 1. The molecule has 0 aromatic heterocycles. The van der Waals surface area contributed by atoms with Gasteiger partial charge in [-0.1, -0.05) is 0 Å². The Balaban J connectivity index is 2.02. The quantitative estimate of drug-likeness (QED) is 0.170. The second-order valence-corrected chi connectivity index (χ2v) is 8.15. The van der Waals surface area contributed by atoms with E-state index in [0.29, 0.717) is 0 Å². The summed E-state index contributed by atoms with van der Waals surface area (Å²) in [5.74, 6) is -3.08. The molecule has 2 aliphatic heterocycles. The molecule has 10 N–H and O–H groups in total. The topological polar surface area (TPSA) is 247 Å². The molecule has 2 fully saturated rings. The molecule has 0 unspecified atom stereocenters. The molecule has 0 radical (unpaired) electrons. The van der Waals surface area contributed by atoms with E-state index < -0.39 is 109 Å². The second-order valence-electron chi connectivity index (χ2n) is 8.15. The number of aliphatic hydroxyl groups is 8. The number of ketones is 1. The largest absolute Gasteiger partial charge is 0.507 e. The first-order valence-electron chi connectivity index (χ1n) is 10.3. The molecule has 2 heterocycles. The van der Waals surface area contributed by atoms with Crippen LogP contribution in [0.4, 0.5) is 0 Å². The van der Waals surface area contributed by atoms with Crippen LogP contribution in [0.15, 0.2) is 6.07 Å². The number of rotatable bonds is 6. The van der Waals surface area contributed by atoms with Crippen LogP contribution in [0.1, 0.15) is 28.9 Å². The minimum absolute atomic E-state index is 0.528. The summed E-state index contributed by atoms with van der Waals surface area (Å²) in [5.41, 5.74) is -1.12. The van der Waals surface area contributed by atoms with Crippen molar-refractivity contribution in [1.82, 2.24) is 0 Å². The van der Waals surface area contributed by atoms with E-state index in [9.17, 15) is 55.9 Å². The van der Waals surface area contributed by atoms with Crippen molar-refractivity contribution in [2.45, 2.75) is 68.1 Å². The molecule has 1 aromatic rings. The van der Waals surface area contributed by atoms with Crippen LogP contribution in [0.5, 0.6) is 17.2 Å². The van der Waals surface area contributed by atoms with Crippen molar-refractivity contribution in [3.8, 4) is 17.2 Å². The van der Waals surface area contributed by atoms with Gasteiger partial charge in [-0.05, 0) is 6.92 Å². The third kappa shape index (κ3) is 4.57. The molecule has 0 amide bonds. The number of carbonyl (C=O) groups is 1. The number of benzene rings is 1. The van der Waals surface area contributed by atoms with Crippen LogP contribution < -0.4 is 4.74 Å². The number of aliphatic hydroxyl groups excluding tert-OH is 8. The summed E-state index contributed by atoms with van der Waals surface area (Å²) in [6.07, 6.45) is -16.9. The highest BCUT2D eigenvalue weighted by Gasteiger charge is 2.48. The van der Waals surface area contributed by atoms with Crippen molar-refractivity contribution in [2.75, 3.05) is 13.2 Å². The van der Waals surface area contributed by atoms with Gasteiger partial charge in [0.2, 0.25) is 6.29 Å². The summed E-state index contributed by atoms with van der Waals surface area (Å²) >= 11 is 0. The van der Waals surface area contributed by atoms with Gasteiger partial charge in [-0.2, -0.15) is 0 Å². The predicted molar refractivity (Wildman–Crippen MR) is 107 cm³/mol. The Kier molecular flexibility index (Phi) is 7.99. The minimum atomic E-state index is -1.88. The summed E-state index contributed by atoms with van der Waals surface area (Å²) in [5, 5.41) is 100. The summed E-state index contributed by atoms with van der Waals surface area (Å²) in [4.78, 5) is 12.3. The highest BCUT2D eigenvalue weighted by Crippen LogP contribution is 2.46. The van der Waals surface area contributed by atoms with Gasteiger partial charge in [-0.15, -0.1) is 0 Å². The zero-order chi connectivity index (χ0) is 25.5. The highest BCUT2D eigenvalue weighted by atomic mass is 16.7. The predicted octanol–water partition coefficient (Wildman–Crippen LogP) is -4.01. The Bertz CT molecular complexity index is 889. The third-order valence-corrected chi connectivity index (χ3v) is 5.90. The standard InChI is InChI=1S/C20H28O14/c1-5(23)10-7(33-20-18(31)16(29)13(26)9(4-22)34-20)2-6(24)11(14(10)27)19-17(30)15(28)12(25)8(3-21)32-19/h2,8-9,12-13,15-22,24-31H,3-4H2,1H3/t8-,9+,12+,13+,15+,16-,17+,18+,19-,20-/m0/s1. The normalized spacial score (nSPS) is 38.5. The van der Waals surface area contributed by atoms with Gasteiger partial charge in [0.05, 0.1) is 18.8 Å². The van der Waals surface area contributed by atoms with E-state index in [2.05, 4.69) is 0 Å². The minimum Gasteiger partial charge on any atom is -0.507 e. The van der Waals surface area contributed by atoms with Crippen molar-refractivity contribution in [2.24, 2.45) is 0 Å². The highest BCUT2D eigenvalue weighted by molar-refractivity contribution is 6.00. The Labute approximate surface area is 192 Å². The van der Waals surface area contributed by atoms with Crippen LogP contribution in [-0.4, -0.2) is 125 Å². The van der Waals surface area contributed by atoms with Gasteiger partial charge >= 0.3 is 0 Å². The number of ether oxygens (including phenoxy) is 3. The van der Waals surface area contributed by atoms with Gasteiger partial charge in [0.25, 0.3) is 0 Å². The van der Waals surface area contributed by atoms with Gasteiger partial charge in [-0.3, -0.25) is 4.79 Å². The van der Waals surface area contributed by atoms with Crippen LogP contribution in [0.25, 0.3) is 0 Å². The van der Waals surface area contributed by atoms with Crippen LogP contribution in [0, 0.1) is 0 Å². The number of phenolic OH excluding ortho intramolecular Hbond substituents is 2.